The van der Waals surface area contributed by atoms with E-state index in [9.17, 15) is 14.0 Å². The Morgan fingerprint density at radius 1 is 1.04 bits per heavy atom. The Hall–Kier alpha value is -3.32. The maximum atomic E-state index is 15.0. The smallest absolute Gasteiger partial charge is 0.256 e. The Labute approximate surface area is 328 Å². The van der Waals surface area contributed by atoms with Gasteiger partial charge in [0.15, 0.2) is 5.78 Å². The lowest BCUT2D eigenvalue weighted by atomic mass is 9.80. The molecular weight excluding hydrogens is 725 g/mol. The minimum atomic E-state index is -1.23. The van der Waals surface area contributed by atoms with Crippen LogP contribution in [0.5, 0.6) is 0 Å². The third kappa shape index (κ3) is 9.68. The molecule has 1 aliphatic heterocycles. The van der Waals surface area contributed by atoms with Crippen LogP contribution in [-0.2, 0) is 11.2 Å². The van der Waals surface area contributed by atoms with Crippen LogP contribution >= 0.6 is 15.9 Å². The topological polar surface area (TPSA) is 53.0 Å². The number of halogens is 2. The molecule has 1 heterocycles. The Kier molecular flexibility index (Phi) is 15.5. The molecule has 1 amide bonds. The highest BCUT2D eigenvalue weighted by molar-refractivity contribution is 9.10. The summed E-state index contributed by atoms with van der Waals surface area (Å²) in [5.74, 6) is 0.938. The predicted octanol–water partition coefficient (Wildman–Crippen LogP) is 12.4. The highest BCUT2D eigenvalue weighted by atomic mass is 79.9. The largest absolute Gasteiger partial charge is 0.341 e. The van der Waals surface area contributed by atoms with Crippen molar-refractivity contribution < 1.29 is 14.0 Å². The van der Waals surface area contributed by atoms with Gasteiger partial charge in [-0.2, -0.15) is 0 Å². The van der Waals surface area contributed by atoms with E-state index in [-0.39, 0.29) is 35.5 Å². The van der Waals surface area contributed by atoms with E-state index in [0.29, 0.717) is 48.8 Å². The van der Waals surface area contributed by atoms with Crippen molar-refractivity contribution in [3.63, 3.8) is 0 Å². The summed E-state index contributed by atoms with van der Waals surface area (Å²) >= 11 is 3.71. The van der Waals surface area contributed by atoms with Crippen molar-refractivity contribution in [3.8, 4) is 0 Å². The average Bonchev–Trinajstić information content (AvgIpc) is 3.14. The van der Waals surface area contributed by atoms with Crippen molar-refractivity contribution >= 4 is 44.7 Å². The van der Waals surface area contributed by atoms with Crippen molar-refractivity contribution in [1.29, 1.82) is 0 Å². The molecule has 1 aliphatic carbocycles. The molecule has 2 aromatic rings. The number of alkyl halides is 1. The van der Waals surface area contributed by atoms with Gasteiger partial charge in [-0.25, -0.2) is 4.39 Å². The summed E-state index contributed by atoms with van der Waals surface area (Å²) in [6, 6.07) is 12.5. The highest BCUT2D eigenvalue weighted by Crippen LogP contribution is 2.41. The minimum Gasteiger partial charge on any atom is -0.341 e. The number of carbonyl (C=O) groups excluding carboxylic acids is 2. The van der Waals surface area contributed by atoms with Gasteiger partial charge in [-0.3, -0.25) is 14.6 Å². The van der Waals surface area contributed by atoms with Gasteiger partial charge in [-0.05, 0) is 117 Å². The lowest BCUT2D eigenvalue weighted by molar-refractivity contribution is -0.119. The van der Waals surface area contributed by atoms with E-state index in [2.05, 4.69) is 86.3 Å². The Bertz CT molecular complexity index is 1690. The van der Waals surface area contributed by atoms with Gasteiger partial charge < -0.3 is 9.80 Å². The number of hydrogen-bond donors (Lipinski definition) is 0. The Morgan fingerprint density at radius 3 is 2.26 bits per heavy atom. The molecule has 0 spiro atoms. The second-order valence-electron chi connectivity index (χ2n) is 15.4. The van der Waals surface area contributed by atoms with Crippen LogP contribution in [0.1, 0.15) is 140 Å². The number of piperazine rings is 1. The van der Waals surface area contributed by atoms with Crippen LogP contribution in [0.2, 0.25) is 0 Å². The van der Waals surface area contributed by atoms with E-state index < -0.39 is 6.17 Å². The van der Waals surface area contributed by atoms with Crippen LogP contribution in [0.3, 0.4) is 0 Å². The predicted molar refractivity (Wildman–Crippen MR) is 225 cm³/mol. The van der Waals surface area contributed by atoms with Crippen LogP contribution in [-0.4, -0.2) is 52.5 Å². The van der Waals surface area contributed by atoms with Gasteiger partial charge in [0.25, 0.3) is 5.91 Å². The molecule has 1 saturated heterocycles. The van der Waals surface area contributed by atoms with E-state index in [1.807, 2.05) is 24.0 Å². The van der Waals surface area contributed by atoms with Crippen LogP contribution in [0, 0.1) is 17.8 Å². The number of ketones is 1. The van der Waals surface area contributed by atoms with E-state index in [0.717, 1.165) is 52.7 Å². The van der Waals surface area contributed by atoms with Crippen molar-refractivity contribution in [2.24, 2.45) is 22.7 Å². The van der Waals surface area contributed by atoms with Gasteiger partial charge in [0.1, 0.15) is 6.17 Å². The van der Waals surface area contributed by atoms with Crippen LogP contribution in [0.15, 0.2) is 76.4 Å². The summed E-state index contributed by atoms with van der Waals surface area (Å²) in [5, 5.41) is 0. The minimum absolute atomic E-state index is 0.0734. The molecule has 5 nitrogen and oxygen atoms in total. The summed E-state index contributed by atoms with van der Waals surface area (Å²) in [5.41, 5.74) is 8.24. The maximum absolute atomic E-state index is 15.0. The van der Waals surface area contributed by atoms with Crippen molar-refractivity contribution in [2.45, 2.75) is 131 Å². The number of allylic oxidation sites excluding steroid dienone is 2. The molecule has 1 saturated carbocycles. The lowest BCUT2D eigenvalue weighted by Gasteiger charge is -2.47. The van der Waals surface area contributed by atoms with E-state index in [4.69, 9.17) is 11.6 Å². The number of hydrogen-bond acceptors (Lipinski definition) is 4. The molecule has 5 atom stereocenters. The molecule has 0 aromatic heterocycles. The van der Waals surface area contributed by atoms with Crippen molar-refractivity contribution in [3.05, 3.63) is 93.6 Å². The summed E-state index contributed by atoms with van der Waals surface area (Å²) < 4.78 is 15.4. The number of rotatable bonds is 17. The van der Waals surface area contributed by atoms with Crippen molar-refractivity contribution in [1.82, 2.24) is 9.80 Å². The number of aliphatic imine (C=N–C) groups is 1. The maximum Gasteiger partial charge on any atom is 0.256 e. The normalized spacial score (nSPS) is 20.0. The quantitative estimate of drug-likeness (QED) is 0.118. The van der Waals surface area contributed by atoms with Crippen LogP contribution in [0.4, 0.5) is 10.1 Å². The molecule has 4 rings (SSSR count). The average molecular weight is 789 g/mol. The van der Waals surface area contributed by atoms with Gasteiger partial charge in [-0.15, -0.1) is 0 Å². The number of benzene rings is 2. The number of nitrogens with zero attached hydrogens (tertiary/aromatic N) is 3. The molecule has 0 N–H and O–H groups in total. The van der Waals surface area contributed by atoms with Gasteiger partial charge in [0.2, 0.25) is 0 Å². The zero-order valence-corrected chi connectivity index (χ0v) is 35.2. The fraction of sp³-hybridized carbons (Fsp3) is 0.543. The molecule has 2 aromatic carbocycles. The zero-order valence-electron chi connectivity index (χ0n) is 33.6. The summed E-state index contributed by atoms with van der Waals surface area (Å²) in [6.07, 6.45) is 8.92. The van der Waals surface area contributed by atoms with E-state index >= 15 is 0 Å². The van der Waals surface area contributed by atoms with Crippen LogP contribution < -0.4 is 0 Å². The first kappa shape index (κ1) is 42.4. The van der Waals surface area contributed by atoms with Gasteiger partial charge in [-0.1, -0.05) is 108 Å². The Balaban J connectivity index is 1.86. The SMILES string of the molecule is C=CC(=O)C(C)C(C)CC/C(=C1\C(CC)N(C(=O)c2ccc(Br)c(CCC)c2N=C(C)C(C)F)CCN1C(=C)c1ccc(C2CCC2)cc1)C(C)CC. The first-order chi connectivity index (χ1) is 25.3. The van der Waals surface area contributed by atoms with Crippen LogP contribution in [0.25, 0.3) is 5.70 Å². The third-order valence-electron chi connectivity index (χ3n) is 12.1. The zero-order chi connectivity index (χ0) is 39.0. The lowest BCUT2D eigenvalue weighted by Crippen LogP contribution is -2.53. The van der Waals surface area contributed by atoms with Gasteiger partial charge in [0, 0.05) is 40.6 Å². The molecule has 288 valence electrons. The first-order valence-electron chi connectivity index (χ1n) is 20.1. The van der Waals surface area contributed by atoms with E-state index in [1.165, 1.54) is 43.4 Å². The monoisotopic (exact) mass is 787 g/mol. The number of amides is 1. The molecule has 53 heavy (non-hydrogen) atoms. The molecule has 2 fully saturated rings. The first-order valence-corrected chi connectivity index (χ1v) is 20.9. The second kappa shape index (κ2) is 19.3. The molecule has 2 aliphatic rings. The van der Waals surface area contributed by atoms with Gasteiger partial charge >= 0.3 is 0 Å². The third-order valence-corrected chi connectivity index (χ3v) is 12.8. The highest BCUT2D eigenvalue weighted by Gasteiger charge is 2.38. The fourth-order valence-corrected chi connectivity index (χ4v) is 8.29. The summed E-state index contributed by atoms with van der Waals surface area (Å²) in [4.78, 5) is 36.8. The molecular formula is C46H63BrFN3O2. The second-order valence-corrected chi connectivity index (χ2v) is 16.3. The van der Waals surface area contributed by atoms with Gasteiger partial charge in [0.05, 0.1) is 17.3 Å². The molecule has 0 bridgehead atoms. The molecule has 7 heteroatoms. The standard InChI is InChI=1S/C46H63BrFN3O2/c1-11-16-39-41(47)26-25-40(44(39)49-33(9)32(8)48)46(53)51-28-27-50(34(10)35-20-22-37(23-21-35)36-17-15-18-36)45(42(51)13-3)38(29(5)12-2)24-19-30(6)31(7)43(52)14-4/h14,20-23,25-26,29-32,36,42H,4,10-13,15-19,24,27-28H2,1-3,5-9H3/b45-38-,49-33?. The van der Waals surface area contributed by atoms with E-state index in [1.54, 1.807) is 6.92 Å². The Morgan fingerprint density at radius 2 is 1.72 bits per heavy atom. The summed E-state index contributed by atoms with van der Waals surface area (Å²) in [6.45, 7) is 25.6. The van der Waals surface area contributed by atoms with Crippen molar-refractivity contribution in [2.75, 3.05) is 13.1 Å². The molecule has 0 radical (unpaired) electrons. The number of carbonyl (C=O) groups is 2. The fourth-order valence-electron chi connectivity index (χ4n) is 7.77. The summed E-state index contributed by atoms with van der Waals surface area (Å²) in [7, 11) is 0. The molecule has 5 unspecified atom stereocenters.